The number of ether oxygens (including phenoxy) is 2. The lowest BCUT2D eigenvalue weighted by Crippen LogP contribution is -2.35. The van der Waals surface area contributed by atoms with Crippen molar-refractivity contribution in [3.8, 4) is 11.5 Å². The molecule has 152 valence electrons. The molecule has 0 fully saturated rings. The molecule has 0 spiro atoms. The van der Waals surface area contributed by atoms with E-state index in [1.807, 2.05) is 18.0 Å². The second-order valence-electron chi connectivity index (χ2n) is 6.25. The molecule has 0 aliphatic heterocycles. The topological polar surface area (TPSA) is 50.8 Å². The molecule has 0 aliphatic carbocycles. The van der Waals surface area contributed by atoms with E-state index in [9.17, 15) is 13.6 Å². The molecule has 8 heteroatoms. The number of methoxy groups -OCH3 is 1. The highest BCUT2D eigenvalue weighted by Crippen LogP contribution is 2.23. The van der Waals surface area contributed by atoms with Crippen molar-refractivity contribution >= 4 is 17.5 Å². The van der Waals surface area contributed by atoms with E-state index in [0.717, 1.165) is 16.9 Å². The SMILES string of the molecule is COc1ccc(Cl)cc1CN(C)CC(=O)NCCc1ccc(OC(F)F)cc1. The van der Waals surface area contributed by atoms with Crippen molar-refractivity contribution in [2.24, 2.45) is 0 Å². The van der Waals surface area contributed by atoms with Gasteiger partial charge in [0.15, 0.2) is 0 Å². The fourth-order valence-corrected chi connectivity index (χ4v) is 2.90. The highest BCUT2D eigenvalue weighted by atomic mass is 35.5. The Hall–Kier alpha value is -2.38. The minimum atomic E-state index is -2.84. The summed E-state index contributed by atoms with van der Waals surface area (Å²) in [6.07, 6.45) is 0.590. The molecule has 0 saturated carbocycles. The van der Waals surface area contributed by atoms with Crippen LogP contribution in [-0.4, -0.2) is 44.7 Å². The summed E-state index contributed by atoms with van der Waals surface area (Å²) in [4.78, 5) is 14.0. The van der Waals surface area contributed by atoms with E-state index < -0.39 is 6.61 Å². The van der Waals surface area contributed by atoms with Gasteiger partial charge in [-0.1, -0.05) is 23.7 Å². The Bertz CT molecular complexity index is 773. The van der Waals surface area contributed by atoms with Crippen LogP contribution in [0.4, 0.5) is 8.78 Å². The molecule has 2 aromatic rings. The van der Waals surface area contributed by atoms with Crippen molar-refractivity contribution in [3.05, 3.63) is 58.6 Å². The van der Waals surface area contributed by atoms with Gasteiger partial charge in [-0.05, 0) is 49.4 Å². The van der Waals surface area contributed by atoms with Crippen LogP contribution in [0.3, 0.4) is 0 Å². The molecular weight excluding hydrogens is 390 g/mol. The molecule has 0 aromatic heterocycles. The number of hydrogen-bond acceptors (Lipinski definition) is 4. The maximum Gasteiger partial charge on any atom is 0.387 e. The summed E-state index contributed by atoms with van der Waals surface area (Å²) in [6.45, 7) is -1.66. The maximum atomic E-state index is 12.1. The fraction of sp³-hybridized carbons (Fsp3) is 0.350. The van der Waals surface area contributed by atoms with Crippen LogP contribution in [-0.2, 0) is 17.8 Å². The van der Waals surface area contributed by atoms with Gasteiger partial charge in [-0.25, -0.2) is 0 Å². The van der Waals surface area contributed by atoms with E-state index >= 15 is 0 Å². The number of likely N-dealkylation sites (N-methyl/N-ethyl adjacent to an activating group) is 1. The molecule has 0 aliphatic rings. The van der Waals surface area contributed by atoms with Gasteiger partial charge in [-0.2, -0.15) is 8.78 Å². The van der Waals surface area contributed by atoms with E-state index in [2.05, 4.69) is 10.1 Å². The third kappa shape index (κ3) is 7.32. The number of hydrogen-bond donors (Lipinski definition) is 1. The number of amides is 1. The summed E-state index contributed by atoms with van der Waals surface area (Å²) in [5, 5.41) is 3.46. The number of benzene rings is 2. The van der Waals surface area contributed by atoms with Gasteiger partial charge in [-0.15, -0.1) is 0 Å². The maximum absolute atomic E-state index is 12.1. The van der Waals surface area contributed by atoms with Crippen molar-refractivity contribution in [2.75, 3.05) is 27.2 Å². The van der Waals surface area contributed by atoms with E-state index in [4.69, 9.17) is 16.3 Å². The Morgan fingerprint density at radius 2 is 1.93 bits per heavy atom. The predicted molar refractivity (Wildman–Crippen MR) is 104 cm³/mol. The Morgan fingerprint density at radius 1 is 1.21 bits per heavy atom. The van der Waals surface area contributed by atoms with Crippen LogP contribution in [0.1, 0.15) is 11.1 Å². The van der Waals surface area contributed by atoms with Gasteiger partial charge in [0, 0.05) is 23.7 Å². The zero-order valence-electron chi connectivity index (χ0n) is 15.8. The van der Waals surface area contributed by atoms with Crippen molar-refractivity contribution in [2.45, 2.75) is 19.6 Å². The molecule has 0 radical (unpaired) electrons. The number of nitrogens with zero attached hydrogens (tertiary/aromatic N) is 1. The van der Waals surface area contributed by atoms with Crippen molar-refractivity contribution in [3.63, 3.8) is 0 Å². The third-order valence-electron chi connectivity index (χ3n) is 3.98. The summed E-state index contributed by atoms with van der Waals surface area (Å²) in [6, 6.07) is 11.7. The molecular formula is C20H23ClF2N2O3. The molecule has 5 nitrogen and oxygen atoms in total. The van der Waals surface area contributed by atoms with Gasteiger partial charge in [0.25, 0.3) is 0 Å². The summed E-state index contributed by atoms with van der Waals surface area (Å²) >= 11 is 6.03. The Kier molecular flexibility index (Phi) is 8.47. The van der Waals surface area contributed by atoms with E-state index in [-0.39, 0.29) is 18.2 Å². The second kappa shape index (κ2) is 10.8. The number of carbonyl (C=O) groups excluding carboxylic acids is 1. The predicted octanol–water partition coefficient (Wildman–Crippen LogP) is 3.74. The first-order valence-electron chi connectivity index (χ1n) is 8.69. The zero-order chi connectivity index (χ0) is 20.5. The Morgan fingerprint density at radius 3 is 2.57 bits per heavy atom. The number of alkyl halides is 2. The van der Waals surface area contributed by atoms with Gasteiger partial charge in [-0.3, -0.25) is 9.69 Å². The van der Waals surface area contributed by atoms with Crippen LogP contribution in [0.25, 0.3) is 0 Å². The number of nitrogens with one attached hydrogen (secondary N) is 1. The standard InChI is InChI=1S/C20H23ClF2N2O3/c1-25(12-15-11-16(21)5-8-18(15)27-2)13-19(26)24-10-9-14-3-6-17(7-4-14)28-20(22)23/h3-8,11,20H,9-10,12-13H2,1-2H3,(H,24,26). The monoisotopic (exact) mass is 412 g/mol. The van der Waals surface area contributed by atoms with Crippen molar-refractivity contribution in [1.82, 2.24) is 10.2 Å². The van der Waals surface area contributed by atoms with E-state index in [1.54, 1.807) is 31.4 Å². The van der Waals surface area contributed by atoms with Gasteiger partial charge in [0.05, 0.1) is 13.7 Å². The first-order chi connectivity index (χ1) is 13.4. The summed E-state index contributed by atoms with van der Waals surface area (Å²) in [5.41, 5.74) is 1.82. The molecule has 0 saturated heterocycles. The van der Waals surface area contributed by atoms with E-state index in [0.29, 0.717) is 24.5 Å². The highest BCUT2D eigenvalue weighted by molar-refractivity contribution is 6.30. The lowest BCUT2D eigenvalue weighted by atomic mass is 10.1. The normalized spacial score (nSPS) is 11.0. The van der Waals surface area contributed by atoms with Gasteiger partial charge in [0.2, 0.25) is 5.91 Å². The van der Waals surface area contributed by atoms with Crippen LogP contribution in [0, 0.1) is 0 Å². The molecule has 0 bridgehead atoms. The zero-order valence-corrected chi connectivity index (χ0v) is 16.5. The first-order valence-corrected chi connectivity index (χ1v) is 9.06. The molecule has 28 heavy (non-hydrogen) atoms. The number of halogens is 3. The van der Waals surface area contributed by atoms with Gasteiger partial charge < -0.3 is 14.8 Å². The average Bonchev–Trinajstić information content (AvgIpc) is 2.63. The Labute approximate surface area is 168 Å². The van der Waals surface area contributed by atoms with Crippen LogP contribution in [0.15, 0.2) is 42.5 Å². The number of rotatable bonds is 10. The summed E-state index contributed by atoms with van der Waals surface area (Å²) in [5.74, 6) is 0.720. The summed E-state index contributed by atoms with van der Waals surface area (Å²) in [7, 11) is 3.42. The quantitative estimate of drug-likeness (QED) is 0.646. The molecule has 0 heterocycles. The minimum Gasteiger partial charge on any atom is -0.496 e. The largest absolute Gasteiger partial charge is 0.496 e. The van der Waals surface area contributed by atoms with E-state index in [1.165, 1.54) is 12.1 Å². The molecule has 0 atom stereocenters. The fourth-order valence-electron chi connectivity index (χ4n) is 2.70. The van der Waals surface area contributed by atoms with Gasteiger partial charge >= 0.3 is 6.61 Å². The molecule has 2 aromatic carbocycles. The third-order valence-corrected chi connectivity index (χ3v) is 4.22. The second-order valence-corrected chi connectivity index (χ2v) is 6.69. The summed E-state index contributed by atoms with van der Waals surface area (Å²) < 4.78 is 33.9. The van der Waals surface area contributed by atoms with Crippen LogP contribution in [0.2, 0.25) is 5.02 Å². The van der Waals surface area contributed by atoms with Crippen LogP contribution < -0.4 is 14.8 Å². The van der Waals surface area contributed by atoms with Crippen LogP contribution >= 0.6 is 11.6 Å². The minimum absolute atomic E-state index is 0.110. The molecule has 2 rings (SSSR count). The molecule has 1 amide bonds. The lowest BCUT2D eigenvalue weighted by Gasteiger charge is -2.18. The van der Waals surface area contributed by atoms with Gasteiger partial charge in [0.1, 0.15) is 11.5 Å². The van der Waals surface area contributed by atoms with Crippen molar-refractivity contribution < 1.29 is 23.0 Å². The van der Waals surface area contributed by atoms with Crippen LogP contribution in [0.5, 0.6) is 11.5 Å². The molecule has 1 N–H and O–H groups in total. The lowest BCUT2D eigenvalue weighted by molar-refractivity contribution is -0.122. The molecule has 0 unspecified atom stereocenters. The first kappa shape index (κ1) is 21.9. The Balaban J connectivity index is 1.75. The highest BCUT2D eigenvalue weighted by Gasteiger charge is 2.11. The average molecular weight is 413 g/mol. The number of carbonyl (C=O) groups is 1. The smallest absolute Gasteiger partial charge is 0.387 e. The van der Waals surface area contributed by atoms with Crippen molar-refractivity contribution in [1.29, 1.82) is 0 Å².